The molecule has 1 atom stereocenters. The molecule has 4 heteroatoms. The van der Waals surface area contributed by atoms with Crippen LogP contribution < -0.4 is 0 Å². The lowest BCUT2D eigenvalue weighted by atomic mass is 10.2. The van der Waals surface area contributed by atoms with E-state index in [1.165, 1.54) is 6.92 Å². The molecule has 0 aromatic heterocycles. The number of esters is 1. The third kappa shape index (κ3) is 4.32. The van der Waals surface area contributed by atoms with Gasteiger partial charge in [-0.05, 0) is 13.8 Å². The van der Waals surface area contributed by atoms with E-state index in [0.29, 0.717) is 12.9 Å². The average Bonchev–Trinajstić information content (AvgIpc) is 1.87. The van der Waals surface area contributed by atoms with Gasteiger partial charge in [-0.1, -0.05) is 0 Å². The van der Waals surface area contributed by atoms with E-state index in [0.717, 1.165) is 0 Å². The van der Waals surface area contributed by atoms with Gasteiger partial charge in [-0.2, -0.15) is 0 Å². The number of hydrogen-bond acceptors (Lipinski definition) is 3. The first-order valence-electron chi connectivity index (χ1n) is 2.84. The molecule has 0 spiro atoms. The van der Waals surface area contributed by atoms with Gasteiger partial charge in [0.25, 0.3) is 0 Å². The largest absolute Gasteiger partial charge is 0.465 e. The number of hydrogen-bond donors (Lipinski definition) is 0. The van der Waals surface area contributed by atoms with Gasteiger partial charge in [0, 0.05) is 0 Å². The quantitative estimate of drug-likeness (QED) is 0.354. The highest BCUT2D eigenvalue weighted by Crippen LogP contribution is 1.92. The Balaban J connectivity index is 0. The van der Waals surface area contributed by atoms with Crippen LogP contribution in [0, 0.1) is 5.92 Å². The summed E-state index contributed by atoms with van der Waals surface area (Å²) in [7, 11) is 0. The van der Waals surface area contributed by atoms with Crippen LogP contribution in [0.1, 0.15) is 13.8 Å². The maximum Gasteiger partial charge on any atom is 0.315 e. The van der Waals surface area contributed by atoms with Crippen molar-refractivity contribution in [1.29, 1.82) is 0 Å². The van der Waals surface area contributed by atoms with E-state index >= 15 is 0 Å². The van der Waals surface area contributed by atoms with Crippen LogP contribution in [-0.2, 0) is 14.3 Å². The van der Waals surface area contributed by atoms with E-state index in [9.17, 15) is 9.59 Å². The minimum atomic E-state index is -0.620. The van der Waals surface area contributed by atoms with E-state index in [-0.39, 0.29) is 12.4 Å². The Hall–Kier alpha value is -0.570. The molecule has 0 aliphatic rings. The second-order valence-electron chi connectivity index (χ2n) is 1.68. The Morgan fingerprint density at radius 2 is 2.20 bits per heavy atom. The van der Waals surface area contributed by atoms with Crippen molar-refractivity contribution in [2.45, 2.75) is 13.8 Å². The lowest BCUT2D eigenvalue weighted by Crippen LogP contribution is -2.15. The molecular formula is C6H11ClO3. The first kappa shape index (κ1) is 12.1. The smallest absolute Gasteiger partial charge is 0.315 e. The van der Waals surface area contributed by atoms with Crippen LogP contribution >= 0.6 is 12.4 Å². The Kier molecular flexibility index (Phi) is 7.95. The van der Waals surface area contributed by atoms with E-state index in [4.69, 9.17) is 0 Å². The van der Waals surface area contributed by atoms with Crippen LogP contribution in [0.2, 0.25) is 0 Å². The molecule has 0 heterocycles. The lowest BCUT2D eigenvalue weighted by Gasteiger charge is -2.01. The first-order valence-corrected chi connectivity index (χ1v) is 2.84. The third-order valence-corrected chi connectivity index (χ3v) is 0.863. The highest BCUT2D eigenvalue weighted by molar-refractivity contribution is 5.87. The number of halogens is 1. The predicted molar refractivity (Wildman–Crippen MR) is 39.1 cm³/mol. The summed E-state index contributed by atoms with van der Waals surface area (Å²) < 4.78 is 4.52. The second-order valence-corrected chi connectivity index (χ2v) is 1.68. The maximum absolute atomic E-state index is 10.5. The molecule has 0 aromatic rings. The van der Waals surface area contributed by atoms with Crippen molar-refractivity contribution in [2.24, 2.45) is 5.92 Å². The summed E-state index contributed by atoms with van der Waals surface area (Å²) in [6, 6.07) is 0. The van der Waals surface area contributed by atoms with E-state index in [2.05, 4.69) is 4.74 Å². The van der Waals surface area contributed by atoms with Crippen LogP contribution in [0.3, 0.4) is 0 Å². The first-order chi connectivity index (χ1) is 4.22. The third-order valence-electron chi connectivity index (χ3n) is 0.863. The van der Waals surface area contributed by atoms with Crippen molar-refractivity contribution in [3.05, 3.63) is 0 Å². The normalized spacial score (nSPS) is 11.0. The van der Waals surface area contributed by atoms with Crippen molar-refractivity contribution in [3.8, 4) is 0 Å². The summed E-state index contributed by atoms with van der Waals surface area (Å²) >= 11 is 0. The summed E-state index contributed by atoms with van der Waals surface area (Å²) in [4.78, 5) is 20.4. The van der Waals surface area contributed by atoms with Gasteiger partial charge in [-0.3, -0.25) is 4.79 Å². The zero-order chi connectivity index (χ0) is 7.28. The highest BCUT2D eigenvalue weighted by atomic mass is 35.5. The van der Waals surface area contributed by atoms with Crippen LogP contribution in [0.15, 0.2) is 0 Å². The molecule has 0 amide bonds. The fourth-order valence-corrected chi connectivity index (χ4v) is 0.329. The molecule has 0 saturated heterocycles. The van der Waals surface area contributed by atoms with Crippen molar-refractivity contribution in [1.82, 2.24) is 0 Å². The van der Waals surface area contributed by atoms with Gasteiger partial charge in [-0.15, -0.1) is 12.4 Å². The van der Waals surface area contributed by atoms with Crippen molar-refractivity contribution in [2.75, 3.05) is 6.61 Å². The minimum Gasteiger partial charge on any atom is -0.465 e. The second kappa shape index (κ2) is 6.55. The topological polar surface area (TPSA) is 43.4 Å². The number of carbonyl (C=O) groups is 2. The van der Waals surface area contributed by atoms with Gasteiger partial charge < -0.3 is 9.53 Å². The summed E-state index contributed by atoms with van der Waals surface area (Å²) in [5.41, 5.74) is 0. The molecule has 0 fully saturated rings. The van der Waals surface area contributed by atoms with Crippen LogP contribution in [-0.4, -0.2) is 18.9 Å². The number of aldehydes is 1. The number of rotatable bonds is 3. The Bertz CT molecular complexity index is 114. The van der Waals surface area contributed by atoms with Gasteiger partial charge in [0.1, 0.15) is 12.2 Å². The summed E-state index contributed by atoms with van der Waals surface area (Å²) in [5, 5.41) is 0. The molecule has 0 N–H and O–H groups in total. The van der Waals surface area contributed by atoms with Gasteiger partial charge >= 0.3 is 5.97 Å². The van der Waals surface area contributed by atoms with E-state index in [1.54, 1.807) is 6.92 Å². The molecule has 0 radical (unpaired) electrons. The SMILES string of the molecule is CCOC(=O)C(C)C=O.Cl. The number of carbonyl (C=O) groups excluding carboxylic acids is 2. The van der Waals surface area contributed by atoms with Gasteiger partial charge in [0.15, 0.2) is 0 Å². The van der Waals surface area contributed by atoms with Gasteiger partial charge in [0.05, 0.1) is 6.61 Å². The molecule has 0 aliphatic heterocycles. The number of ether oxygens (including phenoxy) is 1. The Labute approximate surface area is 66.2 Å². The van der Waals surface area contributed by atoms with Crippen molar-refractivity contribution < 1.29 is 14.3 Å². The maximum atomic E-state index is 10.5. The standard InChI is InChI=1S/C6H10O3.ClH/c1-3-9-6(8)5(2)4-7;/h4-5H,3H2,1-2H3;1H. The molecule has 0 bridgehead atoms. The molecule has 10 heavy (non-hydrogen) atoms. The fourth-order valence-electron chi connectivity index (χ4n) is 0.329. The Morgan fingerprint density at radius 1 is 1.70 bits per heavy atom. The van der Waals surface area contributed by atoms with Crippen LogP contribution in [0.4, 0.5) is 0 Å². The zero-order valence-corrected chi connectivity index (χ0v) is 6.81. The molecule has 0 saturated carbocycles. The van der Waals surface area contributed by atoms with E-state index < -0.39 is 11.9 Å². The van der Waals surface area contributed by atoms with Crippen LogP contribution in [0.25, 0.3) is 0 Å². The molecule has 0 aromatic carbocycles. The molecule has 0 rings (SSSR count). The predicted octanol–water partition coefficient (Wildman–Crippen LogP) is 0.806. The lowest BCUT2D eigenvalue weighted by molar-refractivity contribution is -0.148. The van der Waals surface area contributed by atoms with Crippen molar-refractivity contribution >= 4 is 24.7 Å². The Morgan fingerprint density at radius 3 is 2.50 bits per heavy atom. The minimum absolute atomic E-state index is 0. The molecule has 3 nitrogen and oxygen atoms in total. The van der Waals surface area contributed by atoms with Crippen molar-refractivity contribution in [3.63, 3.8) is 0 Å². The fraction of sp³-hybridized carbons (Fsp3) is 0.667. The van der Waals surface area contributed by atoms with E-state index in [1.807, 2.05) is 0 Å². The van der Waals surface area contributed by atoms with Gasteiger partial charge in [0.2, 0.25) is 0 Å². The molecule has 1 unspecified atom stereocenters. The molecular weight excluding hydrogens is 156 g/mol. The van der Waals surface area contributed by atoms with Crippen LogP contribution in [0.5, 0.6) is 0 Å². The summed E-state index contributed by atoms with van der Waals surface area (Å²) in [6.45, 7) is 3.54. The average molecular weight is 167 g/mol. The molecule has 60 valence electrons. The zero-order valence-electron chi connectivity index (χ0n) is 5.99. The molecule has 0 aliphatic carbocycles. The summed E-state index contributed by atoms with van der Waals surface area (Å²) in [6.07, 6.45) is 0.567. The monoisotopic (exact) mass is 166 g/mol. The highest BCUT2D eigenvalue weighted by Gasteiger charge is 2.10. The summed E-state index contributed by atoms with van der Waals surface area (Å²) in [5.74, 6) is -1.07. The van der Waals surface area contributed by atoms with Gasteiger partial charge in [-0.25, -0.2) is 0 Å².